The second-order valence-corrected chi connectivity index (χ2v) is 6.91. The van der Waals surface area contributed by atoms with Gasteiger partial charge in [-0.2, -0.15) is 0 Å². The van der Waals surface area contributed by atoms with Crippen molar-refractivity contribution in [2.24, 2.45) is 0 Å². The molecule has 0 radical (unpaired) electrons. The Hall–Kier alpha value is -2.27. The first-order valence-corrected chi connectivity index (χ1v) is 9.01. The second-order valence-electron chi connectivity index (χ2n) is 5.78. The number of hydrogen-bond acceptors (Lipinski definition) is 3. The lowest BCUT2D eigenvalue weighted by molar-refractivity contribution is -0.122. The Morgan fingerprint density at radius 3 is 2.62 bits per heavy atom. The summed E-state index contributed by atoms with van der Waals surface area (Å²) in [4.78, 5) is 27.5. The van der Waals surface area contributed by atoms with Crippen LogP contribution < -0.4 is 10.2 Å². The molecule has 0 atom stereocenters. The third-order valence-electron chi connectivity index (χ3n) is 3.93. The van der Waals surface area contributed by atoms with Gasteiger partial charge in [0.15, 0.2) is 0 Å². The highest BCUT2D eigenvalue weighted by Gasteiger charge is 2.22. The van der Waals surface area contributed by atoms with E-state index in [-0.39, 0.29) is 24.7 Å². The van der Waals surface area contributed by atoms with Crippen molar-refractivity contribution in [3.8, 4) is 0 Å². The number of nitrogens with zero attached hydrogens (tertiary/aromatic N) is 1. The number of amides is 2. The van der Waals surface area contributed by atoms with Crippen molar-refractivity contribution in [1.82, 2.24) is 0 Å². The second kappa shape index (κ2) is 7.53. The lowest BCUT2D eigenvalue weighted by Crippen LogP contribution is -2.35. The van der Waals surface area contributed by atoms with Crippen LogP contribution in [0.4, 0.5) is 11.4 Å². The van der Waals surface area contributed by atoms with Gasteiger partial charge in [0.25, 0.3) is 0 Å². The van der Waals surface area contributed by atoms with E-state index >= 15 is 0 Å². The monoisotopic (exact) mass is 340 g/mol. The number of aryl methyl sites for hydroxylation is 1. The zero-order valence-electron chi connectivity index (χ0n) is 13.6. The fourth-order valence-electron chi connectivity index (χ4n) is 2.64. The van der Waals surface area contributed by atoms with Gasteiger partial charge >= 0.3 is 0 Å². The SMILES string of the molecule is Cc1ccc(NC(=O)CCC(=O)N2CCSc3ccccc32)cc1. The van der Waals surface area contributed by atoms with Crippen molar-refractivity contribution in [1.29, 1.82) is 0 Å². The van der Waals surface area contributed by atoms with Gasteiger partial charge in [-0.05, 0) is 31.2 Å². The van der Waals surface area contributed by atoms with Crippen LogP contribution in [0.5, 0.6) is 0 Å². The zero-order valence-corrected chi connectivity index (χ0v) is 14.4. The number of fused-ring (bicyclic) bond motifs is 1. The van der Waals surface area contributed by atoms with Crippen LogP contribution in [0.3, 0.4) is 0 Å². The fourth-order valence-corrected chi connectivity index (χ4v) is 3.64. The van der Waals surface area contributed by atoms with Gasteiger partial charge < -0.3 is 10.2 Å². The molecule has 1 aliphatic heterocycles. The summed E-state index contributed by atoms with van der Waals surface area (Å²) >= 11 is 1.76. The molecule has 0 bridgehead atoms. The number of thioether (sulfide) groups is 1. The largest absolute Gasteiger partial charge is 0.326 e. The van der Waals surface area contributed by atoms with E-state index in [4.69, 9.17) is 0 Å². The number of hydrogen-bond donors (Lipinski definition) is 1. The lowest BCUT2D eigenvalue weighted by Gasteiger charge is -2.29. The van der Waals surface area contributed by atoms with Gasteiger partial charge in [0.1, 0.15) is 0 Å². The summed E-state index contributed by atoms with van der Waals surface area (Å²) in [5, 5.41) is 2.83. The smallest absolute Gasteiger partial charge is 0.227 e. The Morgan fingerprint density at radius 1 is 1.08 bits per heavy atom. The highest BCUT2D eigenvalue weighted by Crippen LogP contribution is 2.34. The van der Waals surface area contributed by atoms with Gasteiger partial charge in [-0.15, -0.1) is 11.8 Å². The quantitative estimate of drug-likeness (QED) is 0.919. The predicted molar refractivity (Wildman–Crippen MR) is 98.6 cm³/mol. The van der Waals surface area contributed by atoms with Crippen LogP contribution in [0.1, 0.15) is 18.4 Å². The number of para-hydroxylation sites is 1. The first kappa shape index (κ1) is 16.6. The average Bonchev–Trinajstić information content (AvgIpc) is 2.61. The molecule has 3 rings (SSSR count). The molecule has 124 valence electrons. The number of carbonyl (C=O) groups excluding carboxylic acids is 2. The molecule has 0 aromatic heterocycles. The normalized spacial score (nSPS) is 13.3. The van der Waals surface area contributed by atoms with E-state index in [1.165, 1.54) is 0 Å². The van der Waals surface area contributed by atoms with Crippen molar-refractivity contribution in [2.75, 3.05) is 22.5 Å². The van der Waals surface area contributed by atoms with Crippen LogP contribution in [0.2, 0.25) is 0 Å². The van der Waals surface area contributed by atoms with Crippen molar-refractivity contribution in [3.05, 3.63) is 54.1 Å². The molecule has 0 aliphatic carbocycles. The third kappa shape index (κ3) is 3.97. The molecule has 1 N–H and O–H groups in total. The predicted octanol–water partition coefficient (Wildman–Crippen LogP) is 3.85. The molecule has 2 aromatic rings. The van der Waals surface area contributed by atoms with E-state index in [2.05, 4.69) is 5.32 Å². The van der Waals surface area contributed by atoms with Crippen molar-refractivity contribution in [3.63, 3.8) is 0 Å². The van der Waals surface area contributed by atoms with Crippen molar-refractivity contribution < 1.29 is 9.59 Å². The zero-order chi connectivity index (χ0) is 16.9. The molecule has 0 saturated carbocycles. The minimum absolute atomic E-state index is 0.00167. The summed E-state index contributed by atoms with van der Waals surface area (Å²) in [6.45, 7) is 2.69. The number of anilines is 2. The first-order chi connectivity index (χ1) is 11.6. The Labute approximate surface area is 146 Å². The Bertz CT molecular complexity index is 743. The summed E-state index contributed by atoms with van der Waals surface area (Å²) in [5.41, 5.74) is 2.86. The molecular weight excluding hydrogens is 320 g/mol. The molecule has 0 spiro atoms. The van der Waals surface area contributed by atoms with E-state index in [0.29, 0.717) is 6.54 Å². The summed E-state index contributed by atoms with van der Waals surface area (Å²) < 4.78 is 0. The molecule has 5 heteroatoms. The van der Waals surface area contributed by atoms with Gasteiger partial charge in [0.2, 0.25) is 11.8 Å². The number of carbonyl (C=O) groups is 2. The lowest BCUT2D eigenvalue weighted by atomic mass is 10.2. The standard InChI is InChI=1S/C19H20N2O2S/c1-14-6-8-15(9-7-14)20-18(22)10-11-19(23)21-12-13-24-17-5-3-2-4-16(17)21/h2-9H,10-13H2,1H3,(H,20,22). The molecule has 4 nitrogen and oxygen atoms in total. The minimum atomic E-state index is -0.133. The number of nitrogens with one attached hydrogen (secondary N) is 1. The maximum atomic E-state index is 12.5. The van der Waals surface area contributed by atoms with Crippen LogP contribution in [-0.2, 0) is 9.59 Å². The van der Waals surface area contributed by atoms with Crippen LogP contribution in [-0.4, -0.2) is 24.1 Å². The Kier molecular flexibility index (Phi) is 5.20. The number of benzene rings is 2. The van der Waals surface area contributed by atoms with Gasteiger partial charge in [0.05, 0.1) is 5.69 Å². The molecule has 1 heterocycles. The summed E-state index contributed by atoms with van der Waals surface area (Å²) in [7, 11) is 0. The highest BCUT2D eigenvalue weighted by atomic mass is 32.2. The molecule has 24 heavy (non-hydrogen) atoms. The highest BCUT2D eigenvalue weighted by molar-refractivity contribution is 7.99. The molecule has 1 aliphatic rings. The van der Waals surface area contributed by atoms with E-state index in [9.17, 15) is 9.59 Å². The summed E-state index contributed by atoms with van der Waals surface area (Å²) in [6, 6.07) is 15.5. The van der Waals surface area contributed by atoms with Gasteiger partial charge in [-0.1, -0.05) is 29.8 Å². The minimum Gasteiger partial charge on any atom is -0.326 e. The fraction of sp³-hybridized carbons (Fsp3) is 0.263. The van der Waals surface area contributed by atoms with Gasteiger partial charge in [-0.25, -0.2) is 0 Å². The van der Waals surface area contributed by atoms with E-state index in [1.807, 2.05) is 55.5 Å². The topological polar surface area (TPSA) is 49.4 Å². The van der Waals surface area contributed by atoms with Gasteiger partial charge in [-0.3, -0.25) is 9.59 Å². The maximum Gasteiger partial charge on any atom is 0.227 e. The molecule has 0 saturated heterocycles. The summed E-state index contributed by atoms with van der Waals surface area (Å²) in [5.74, 6) is 0.756. The van der Waals surface area contributed by atoms with Crippen LogP contribution in [0.15, 0.2) is 53.4 Å². The van der Waals surface area contributed by atoms with Crippen molar-refractivity contribution in [2.45, 2.75) is 24.7 Å². The first-order valence-electron chi connectivity index (χ1n) is 8.02. The van der Waals surface area contributed by atoms with Crippen LogP contribution in [0.25, 0.3) is 0 Å². The number of rotatable bonds is 4. The Balaban J connectivity index is 1.56. The maximum absolute atomic E-state index is 12.5. The van der Waals surface area contributed by atoms with E-state index in [0.717, 1.165) is 27.6 Å². The van der Waals surface area contributed by atoms with E-state index < -0.39 is 0 Å². The summed E-state index contributed by atoms with van der Waals surface area (Å²) in [6.07, 6.45) is 0.412. The molecule has 2 aromatic carbocycles. The third-order valence-corrected chi connectivity index (χ3v) is 4.97. The van der Waals surface area contributed by atoms with Crippen LogP contribution in [0, 0.1) is 6.92 Å². The Morgan fingerprint density at radius 2 is 1.83 bits per heavy atom. The van der Waals surface area contributed by atoms with Gasteiger partial charge in [0, 0.05) is 35.7 Å². The average molecular weight is 340 g/mol. The van der Waals surface area contributed by atoms with Crippen LogP contribution >= 0.6 is 11.8 Å². The molecule has 0 fully saturated rings. The molecule has 0 unspecified atom stereocenters. The van der Waals surface area contributed by atoms with E-state index in [1.54, 1.807) is 16.7 Å². The molecular formula is C19H20N2O2S. The van der Waals surface area contributed by atoms with Crippen molar-refractivity contribution >= 4 is 35.0 Å². The molecule has 2 amide bonds.